The van der Waals surface area contributed by atoms with E-state index in [9.17, 15) is 24.5 Å². The van der Waals surface area contributed by atoms with E-state index in [1.165, 1.54) is 18.2 Å². The Morgan fingerprint density at radius 1 is 1.19 bits per heavy atom. The van der Waals surface area contributed by atoms with Crippen LogP contribution in [0.5, 0.6) is 5.75 Å². The van der Waals surface area contributed by atoms with Gasteiger partial charge >= 0.3 is 5.69 Å². The molecule has 31 heavy (non-hydrogen) atoms. The van der Waals surface area contributed by atoms with Gasteiger partial charge in [0, 0.05) is 24.2 Å². The number of thioether (sulfide) groups is 1. The van der Waals surface area contributed by atoms with Crippen LogP contribution in [0.15, 0.2) is 53.4 Å². The van der Waals surface area contributed by atoms with Crippen molar-refractivity contribution in [1.82, 2.24) is 10.2 Å². The van der Waals surface area contributed by atoms with Crippen LogP contribution in [-0.4, -0.2) is 46.6 Å². The first-order valence-electron chi connectivity index (χ1n) is 8.99. The van der Waals surface area contributed by atoms with E-state index in [4.69, 9.17) is 16.3 Å². The van der Waals surface area contributed by atoms with E-state index in [1.807, 2.05) is 0 Å². The number of ether oxygens (including phenoxy) is 1. The summed E-state index contributed by atoms with van der Waals surface area (Å²) in [5.41, 5.74) is 0.482. The first-order chi connectivity index (χ1) is 14.8. The summed E-state index contributed by atoms with van der Waals surface area (Å²) in [6.45, 7) is -0.436. The zero-order valence-corrected chi connectivity index (χ0v) is 17.5. The molecule has 1 heterocycles. The van der Waals surface area contributed by atoms with Gasteiger partial charge in [0.05, 0.1) is 9.83 Å². The van der Waals surface area contributed by atoms with Gasteiger partial charge < -0.3 is 10.1 Å². The third kappa shape index (κ3) is 5.83. The molecule has 3 amide bonds. The average molecular weight is 462 g/mol. The van der Waals surface area contributed by atoms with Gasteiger partial charge in [0.2, 0.25) is 0 Å². The van der Waals surface area contributed by atoms with Crippen LogP contribution in [0.1, 0.15) is 5.56 Å². The fourth-order valence-electron chi connectivity index (χ4n) is 2.63. The van der Waals surface area contributed by atoms with Crippen LogP contribution < -0.4 is 10.1 Å². The molecule has 0 aliphatic carbocycles. The minimum absolute atomic E-state index is 0.0140. The number of nitro groups is 1. The number of hydrogen-bond donors (Lipinski definition) is 1. The molecule has 3 rings (SSSR count). The third-order valence-electron chi connectivity index (χ3n) is 4.12. The van der Waals surface area contributed by atoms with Crippen LogP contribution in [0.3, 0.4) is 0 Å². The van der Waals surface area contributed by atoms with Crippen LogP contribution >= 0.6 is 23.4 Å². The number of nitrogens with one attached hydrogen (secondary N) is 1. The number of para-hydroxylation sites is 2. The lowest BCUT2D eigenvalue weighted by Crippen LogP contribution is -2.38. The number of nitrogens with zero attached hydrogens (tertiary/aromatic N) is 2. The molecule has 160 valence electrons. The zero-order chi connectivity index (χ0) is 22.4. The monoisotopic (exact) mass is 461 g/mol. The van der Waals surface area contributed by atoms with Crippen molar-refractivity contribution in [1.29, 1.82) is 0 Å². The highest BCUT2D eigenvalue weighted by Gasteiger charge is 2.34. The van der Waals surface area contributed by atoms with E-state index in [1.54, 1.807) is 36.4 Å². The molecule has 0 radical (unpaired) electrons. The molecular formula is C20H16ClN3O6S. The minimum atomic E-state index is -0.607. The number of halogens is 1. The second-order valence-electron chi connectivity index (χ2n) is 6.25. The Labute approximate surface area is 186 Å². The zero-order valence-electron chi connectivity index (χ0n) is 15.9. The number of amides is 3. The van der Waals surface area contributed by atoms with Gasteiger partial charge in [-0.05, 0) is 41.6 Å². The Bertz CT molecular complexity index is 1060. The quantitative estimate of drug-likeness (QED) is 0.363. The summed E-state index contributed by atoms with van der Waals surface area (Å²) >= 11 is 6.65. The second kappa shape index (κ2) is 10.1. The summed E-state index contributed by atoms with van der Waals surface area (Å²) in [5.74, 6) is -1.02. The predicted molar refractivity (Wildman–Crippen MR) is 116 cm³/mol. The highest BCUT2D eigenvalue weighted by Crippen LogP contribution is 2.32. The molecule has 11 heteroatoms. The SMILES string of the molecule is O=C(COc1ccccc1[N+](=O)[O-])NCCN1C(=O)S/C(=C\c2ccc(Cl)cc2)C1=O. The van der Waals surface area contributed by atoms with Gasteiger partial charge in [0.1, 0.15) is 0 Å². The van der Waals surface area contributed by atoms with Crippen LogP contribution in [0.2, 0.25) is 5.02 Å². The third-order valence-corrected chi connectivity index (χ3v) is 5.28. The molecule has 0 saturated carbocycles. The molecule has 0 spiro atoms. The van der Waals surface area contributed by atoms with Gasteiger partial charge in [-0.3, -0.25) is 29.4 Å². The van der Waals surface area contributed by atoms with Crippen LogP contribution in [-0.2, 0) is 9.59 Å². The number of carbonyl (C=O) groups excluding carboxylic acids is 3. The van der Waals surface area contributed by atoms with E-state index >= 15 is 0 Å². The van der Waals surface area contributed by atoms with Gasteiger partial charge in [0.15, 0.2) is 12.4 Å². The number of benzene rings is 2. The summed E-state index contributed by atoms with van der Waals surface area (Å²) in [5, 5.41) is 13.6. The lowest BCUT2D eigenvalue weighted by molar-refractivity contribution is -0.385. The minimum Gasteiger partial charge on any atom is -0.477 e. The molecule has 0 atom stereocenters. The standard InChI is InChI=1S/C20H16ClN3O6S/c21-14-7-5-13(6-8-14)11-17-19(26)23(20(27)31-17)10-9-22-18(25)12-30-16-4-2-1-3-15(16)24(28)29/h1-8,11H,9-10,12H2,(H,22,25)/b17-11-. The number of carbonyl (C=O) groups is 3. The Balaban J connectivity index is 1.49. The molecule has 1 saturated heterocycles. The highest BCUT2D eigenvalue weighted by molar-refractivity contribution is 8.18. The van der Waals surface area contributed by atoms with Gasteiger partial charge in [-0.25, -0.2) is 0 Å². The largest absolute Gasteiger partial charge is 0.477 e. The Morgan fingerprint density at radius 3 is 2.61 bits per heavy atom. The van der Waals surface area contributed by atoms with Crippen molar-refractivity contribution in [2.75, 3.05) is 19.7 Å². The molecule has 0 aromatic heterocycles. The summed E-state index contributed by atoms with van der Waals surface area (Å²) in [6, 6.07) is 12.5. The smallest absolute Gasteiger partial charge is 0.310 e. The Kier molecular flexibility index (Phi) is 7.27. The van der Waals surface area contributed by atoms with E-state index in [0.29, 0.717) is 5.02 Å². The normalized spacial score (nSPS) is 14.7. The van der Waals surface area contributed by atoms with E-state index in [2.05, 4.69) is 5.32 Å². The predicted octanol–water partition coefficient (Wildman–Crippen LogP) is 3.48. The summed E-state index contributed by atoms with van der Waals surface area (Å²) in [6.07, 6.45) is 1.60. The number of rotatable bonds is 8. The molecule has 9 nitrogen and oxygen atoms in total. The highest BCUT2D eigenvalue weighted by atomic mass is 35.5. The number of imide groups is 1. The van der Waals surface area contributed by atoms with Gasteiger partial charge in [-0.2, -0.15) is 0 Å². The van der Waals surface area contributed by atoms with Gasteiger partial charge in [0.25, 0.3) is 17.1 Å². The first kappa shape index (κ1) is 22.3. The lowest BCUT2D eigenvalue weighted by atomic mass is 10.2. The fourth-order valence-corrected chi connectivity index (χ4v) is 3.63. The first-order valence-corrected chi connectivity index (χ1v) is 10.2. The van der Waals surface area contributed by atoms with Crippen molar-refractivity contribution in [3.8, 4) is 5.75 Å². The Morgan fingerprint density at radius 2 is 1.90 bits per heavy atom. The fraction of sp³-hybridized carbons (Fsp3) is 0.150. The molecule has 1 N–H and O–H groups in total. The van der Waals surface area contributed by atoms with Crippen LogP contribution in [0, 0.1) is 10.1 Å². The maximum Gasteiger partial charge on any atom is 0.310 e. The van der Waals surface area contributed by atoms with E-state index < -0.39 is 28.6 Å². The molecular weight excluding hydrogens is 446 g/mol. The number of nitro benzene ring substituents is 1. The van der Waals surface area contributed by atoms with Crippen molar-refractivity contribution >= 4 is 52.2 Å². The summed E-state index contributed by atoms with van der Waals surface area (Å²) in [7, 11) is 0. The van der Waals surface area contributed by atoms with Gasteiger partial charge in [-0.1, -0.05) is 35.9 Å². The number of hydrogen-bond acceptors (Lipinski definition) is 7. The van der Waals surface area contributed by atoms with Crippen molar-refractivity contribution in [2.45, 2.75) is 0 Å². The van der Waals surface area contributed by atoms with Gasteiger partial charge in [-0.15, -0.1) is 0 Å². The summed E-state index contributed by atoms with van der Waals surface area (Å²) in [4.78, 5) is 48.2. The molecule has 2 aromatic carbocycles. The van der Waals surface area contributed by atoms with Crippen LogP contribution in [0.4, 0.5) is 10.5 Å². The van der Waals surface area contributed by atoms with Crippen molar-refractivity contribution in [3.63, 3.8) is 0 Å². The maximum atomic E-state index is 12.5. The van der Waals surface area contributed by atoms with Crippen molar-refractivity contribution < 1.29 is 24.0 Å². The Hall–Kier alpha value is -3.37. The maximum absolute atomic E-state index is 12.5. The van der Waals surface area contributed by atoms with E-state index in [-0.39, 0.29) is 29.4 Å². The topological polar surface area (TPSA) is 119 Å². The van der Waals surface area contributed by atoms with Crippen molar-refractivity contribution in [3.05, 3.63) is 74.1 Å². The molecule has 1 aliphatic rings. The lowest BCUT2D eigenvalue weighted by Gasteiger charge is -2.13. The summed E-state index contributed by atoms with van der Waals surface area (Å²) < 4.78 is 5.19. The average Bonchev–Trinajstić information content (AvgIpc) is 3.01. The molecule has 0 unspecified atom stereocenters. The molecule has 0 bridgehead atoms. The molecule has 2 aromatic rings. The van der Waals surface area contributed by atoms with Crippen molar-refractivity contribution in [2.24, 2.45) is 0 Å². The van der Waals surface area contributed by atoms with E-state index in [0.717, 1.165) is 22.2 Å². The molecule has 1 fully saturated rings. The molecule has 1 aliphatic heterocycles. The van der Waals surface area contributed by atoms with Crippen LogP contribution in [0.25, 0.3) is 6.08 Å². The second-order valence-corrected chi connectivity index (χ2v) is 7.68.